The van der Waals surface area contributed by atoms with Gasteiger partial charge in [0.25, 0.3) is 5.69 Å². The molecule has 10 nitrogen and oxygen atoms in total. The lowest BCUT2D eigenvalue weighted by Crippen LogP contribution is -2.43. The number of Topliss-reactive ketones (excluding diaryl/α,β-unsaturated/α-hetero) is 1. The maximum atomic E-state index is 13.3. The molecule has 3 aromatic rings. The summed E-state index contributed by atoms with van der Waals surface area (Å²) in [6.07, 6.45) is 0.768. The van der Waals surface area contributed by atoms with Crippen LogP contribution in [-0.4, -0.2) is 38.6 Å². The maximum absolute atomic E-state index is 13.3. The number of nitro benzene ring substituents is 1. The highest BCUT2D eigenvalue weighted by Gasteiger charge is 2.36. The molecule has 0 bridgehead atoms. The number of carbonyl (C=O) groups is 2. The molecular formula is C24H23N5O5S. The van der Waals surface area contributed by atoms with Crippen LogP contribution in [-0.2, 0) is 16.0 Å². The van der Waals surface area contributed by atoms with E-state index in [1.165, 1.54) is 17.1 Å². The maximum Gasteiger partial charge on any atom is 0.269 e. The highest BCUT2D eigenvalue weighted by Crippen LogP contribution is 2.41. The van der Waals surface area contributed by atoms with Crippen molar-refractivity contribution in [2.75, 3.05) is 12.1 Å². The van der Waals surface area contributed by atoms with Gasteiger partial charge in [0.15, 0.2) is 11.6 Å². The average molecular weight is 494 g/mol. The predicted octanol–water partition coefficient (Wildman–Crippen LogP) is 4.11. The van der Waals surface area contributed by atoms with Crippen molar-refractivity contribution in [2.24, 2.45) is 0 Å². The Bertz CT molecular complexity index is 1320. The summed E-state index contributed by atoms with van der Waals surface area (Å²) in [6, 6.07) is 13.3. The molecule has 0 N–H and O–H groups in total. The van der Waals surface area contributed by atoms with Gasteiger partial charge in [0.2, 0.25) is 11.1 Å². The van der Waals surface area contributed by atoms with Crippen LogP contribution in [0.5, 0.6) is 5.75 Å². The van der Waals surface area contributed by atoms with Crippen molar-refractivity contribution in [3.8, 4) is 5.75 Å². The second kappa shape index (κ2) is 10.1. The molecule has 0 fully saturated rings. The number of rotatable bonds is 8. The second-order valence-electron chi connectivity index (χ2n) is 7.66. The van der Waals surface area contributed by atoms with Gasteiger partial charge in [-0.1, -0.05) is 26.0 Å². The number of thioether (sulfide) groups is 1. The number of benzene rings is 2. The van der Waals surface area contributed by atoms with E-state index in [1.54, 1.807) is 37.8 Å². The van der Waals surface area contributed by atoms with Gasteiger partial charge in [-0.2, -0.15) is 0 Å². The number of nitrogens with zero attached hydrogens (tertiary/aromatic N) is 5. The van der Waals surface area contributed by atoms with Crippen molar-refractivity contribution in [1.82, 2.24) is 14.9 Å². The third kappa shape index (κ3) is 4.67. The monoisotopic (exact) mass is 493 g/mol. The number of methoxy groups -OCH3 is 1. The standard InChI is InChI=1S/C24H23N5O5S/c1-4-19(30)23-22(16-8-10-17(11-9-16)29(32)33)28(21(31)5-2)27-20(25-26-24(27)35-23)14-15-6-12-18(34-3)13-7-15/h6-13H,4-5,14H2,1-3H3. The topological polar surface area (TPSA) is 120 Å². The molecule has 180 valence electrons. The van der Waals surface area contributed by atoms with Crippen molar-refractivity contribution >= 4 is 34.8 Å². The van der Waals surface area contributed by atoms with Crippen molar-refractivity contribution in [3.05, 3.63) is 80.5 Å². The molecule has 0 aliphatic carbocycles. The van der Waals surface area contributed by atoms with Crippen LogP contribution in [0.25, 0.3) is 5.70 Å². The van der Waals surface area contributed by atoms with Crippen LogP contribution in [0, 0.1) is 10.1 Å². The molecule has 0 atom stereocenters. The third-order valence-electron chi connectivity index (χ3n) is 5.48. The van der Waals surface area contributed by atoms with E-state index in [-0.39, 0.29) is 30.2 Å². The molecule has 2 aromatic carbocycles. The summed E-state index contributed by atoms with van der Waals surface area (Å²) in [7, 11) is 1.59. The number of ketones is 1. The number of hydrogen-bond acceptors (Lipinski definition) is 8. The number of hydrogen-bond donors (Lipinski definition) is 0. The molecule has 1 aliphatic rings. The van der Waals surface area contributed by atoms with Crippen LogP contribution in [0.3, 0.4) is 0 Å². The molecular weight excluding hydrogens is 470 g/mol. The van der Waals surface area contributed by atoms with E-state index >= 15 is 0 Å². The first kappa shape index (κ1) is 24.1. The highest BCUT2D eigenvalue weighted by atomic mass is 32.2. The molecule has 1 amide bonds. The van der Waals surface area contributed by atoms with Crippen LogP contribution in [0.1, 0.15) is 43.6 Å². The fourth-order valence-electron chi connectivity index (χ4n) is 3.66. The lowest BCUT2D eigenvalue weighted by molar-refractivity contribution is -0.384. The number of aromatic nitrogens is 3. The number of carbonyl (C=O) groups excluding carboxylic acids is 2. The smallest absolute Gasteiger partial charge is 0.269 e. The van der Waals surface area contributed by atoms with Crippen LogP contribution < -0.4 is 9.75 Å². The van der Waals surface area contributed by atoms with Crippen LogP contribution in [0.15, 0.2) is 58.6 Å². The van der Waals surface area contributed by atoms with Gasteiger partial charge < -0.3 is 4.74 Å². The SMILES string of the molecule is CCC(=O)C1=C(c2ccc([N+](=O)[O-])cc2)N(C(=O)CC)n2c(Cc3ccc(OC)cc3)nnc2S1. The van der Waals surface area contributed by atoms with E-state index in [1.807, 2.05) is 24.3 Å². The first-order chi connectivity index (χ1) is 16.9. The Morgan fingerprint density at radius 1 is 1.03 bits per heavy atom. The molecule has 11 heteroatoms. The normalized spacial score (nSPS) is 12.9. The number of non-ortho nitro benzene ring substituents is 1. The molecule has 0 spiro atoms. The Morgan fingerprint density at radius 2 is 1.71 bits per heavy atom. The lowest BCUT2D eigenvalue weighted by atomic mass is 10.1. The molecule has 0 unspecified atom stereocenters. The zero-order chi connectivity index (χ0) is 25.1. The van der Waals surface area contributed by atoms with E-state index in [0.717, 1.165) is 23.1 Å². The fraction of sp³-hybridized carbons (Fsp3) is 0.250. The van der Waals surface area contributed by atoms with Gasteiger partial charge >= 0.3 is 0 Å². The number of nitro groups is 1. The van der Waals surface area contributed by atoms with Gasteiger partial charge in [-0.05, 0) is 41.6 Å². The summed E-state index contributed by atoms with van der Waals surface area (Å²) in [5.41, 5.74) is 1.73. The third-order valence-corrected chi connectivity index (χ3v) is 6.55. The molecule has 0 saturated carbocycles. The lowest BCUT2D eigenvalue weighted by Gasteiger charge is -2.33. The van der Waals surface area contributed by atoms with Crippen LogP contribution in [0.2, 0.25) is 0 Å². The van der Waals surface area contributed by atoms with Gasteiger partial charge in [0.05, 0.1) is 22.6 Å². The van der Waals surface area contributed by atoms with E-state index in [2.05, 4.69) is 10.2 Å². The number of fused-ring (bicyclic) bond motifs is 1. The van der Waals surface area contributed by atoms with Gasteiger partial charge in [0, 0.05) is 37.0 Å². The molecule has 1 aromatic heterocycles. The number of allylic oxidation sites excluding steroid dienone is 1. The van der Waals surface area contributed by atoms with Crippen LogP contribution >= 0.6 is 11.8 Å². The summed E-state index contributed by atoms with van der Waals surface area (Å²) < 4.78 is 6.85. The van der Waals surface area contributed by atoms with Gasteiger partial charge in [-0.15, -0.1) is 10.2 Å². The van der Waals surface area contributed by atoms with Crippen molar-refractivity contribution < 1.29 is 19.2 Å². The summed E-state index contributed by atoms with van der Waals surface area (Å²) in [5, 5.41) is 21.6. The first-order valence-electron chi connectivity index (χ1n) is 11.0. The molecule has 35 heavy (non-hydrogen) atoms. The highest BCUT2D eigenvalue weighted by molar-refractivity contribution is 8.04. The summed E-state index contributed by atoms with van der Waals surface area (Å²) in [4.78, 5) is 37.3. The quantitative estimate of drug-likeness (QED) is 0.340. The number of ether oxygens (including phenoxy) is 1. The molecule has 1 aliphatic heterocycles. The Morgan fingerprint density at radius 3 is 2.29 bits per heavy atom. The summed E-state index contributed by atoms with van der Waals surface area (Å²) in [5.74, 6) is 0.809. The zero-order valence-electron chi connectivity index (χ0n) is 19.4. The molecule has 4 rings (SSSR count). The van der Waals surface area contributed by atoms with E-state index in [4.69, 9.17) is 4.74 Å². The Kier molecular flexibility index (Phi) is 6.97. The first-order valence-corrected chi connectivity index (χ1v) is 11.8. The summed E-state index contributed by atoms with van der Waals surface area (Å²) in [6.45, 7) is 3.47. The van der Waals surface area contributed by atoms with E-state index < -0.39 is 4.92 Å². The van der Waals surface area contributed by atoms with Gasteiger partial charge in [0.1, 0.15) is 5.75 Å². The van der Waals surface area contributed by atoms with Crippen LogP contribution in [0.4, 0.5) is 5.69 Å². The average Bonchev–Trinajstić information content (AvgIpc) is 3.29. The molecule has 0 saturated heterocycles. The van der Waals surface area contributed by atoms with E-state index in [0.29, 0.717) is 33.6 Å². The minimum absolute atomic E-state index is 0.0836. The Hall–Kier alpha value is -3.99. The number of amides is 1. The largest absolute Gasteiger partial charge is 0.497 e. The fourth-order valence-corrected chi connectivity index (χ4v) is 4.76. The van der Waals surface area contributed by atoms with Gasteiger partial charge in [-0.3, -0.25) is 19.7 Å². The Labute approximate surface area is 205 Å². The second-order valence-corrected chi connectivity index (χ2v) is 8.63. The zero-order valence-corrected chi connectivity index (χ0v) is 20.2. The summed E-state index contributed by atoms with van der Waals surface area (Å²) >= 11 is 1.14. The van der Waals surface area contributed by atoms with Gasteiger partial charge in [-0.25, -0.2) is 9.69 Å². The Balaban J connectivity index is 1.85. The molecule has 2 heterocycles. The molecule has 0 radical (unpaired) electrons. The minimum Gasteiger partial charge on any atom is -0.497 e. The predicted molar refractivity (Wildman–Crippen MR) is 131 cm³/mol. The minimum atomic E-state index is -0.494. The van der Waals surface area contributed by atoms with Crippen molar-refractivity contribution in [2.45, 2.75) is 38.3 Å². The van der Waals surface area contributed by atoms with Crippen molar-refractivity contribution in [3.63, 3.8) is 0 Å². The van der Waals surface area contributed by atoms with Crippen molar-refractivity contribution in [1.29, 1.82) is 0 Å². The van der Waals surface area contributed by atoms with E-state index in [9.17, 15) is 19.7 Å².